The number of nitrogens with one attached hydrogen (secondary N) is 2. The van der Waals surface area contributed by atoms with E-state index in [-0.39, 0.29) is 0 Å². The van der Waals surface area contributed by atoms with Crippen molar-refractivity contribution in [1.82, 2.24) is 10.3 Å². The third kappa shape index (κ3) is 1.23. The minimum atomic E-state index is 0.894. The molecule has 0 unspecified atom stereocenters. The van der Waals surface area contributed by atoms with Gasteiger partial charge in [-0.25, -0.2) is 0 Å². The van der Waals surface area contributed by atoms with E-state index in [9.17, 15) is 0 Å². The highest BCUT2D eigenvalue weighted by molar-refractivity contribution is 5.89. The first kappa shape index (κ1) is 8.80. The van der Waals surface area contributed by atoms with Gasteiger partial charge in [-0.3, -0.25) is 0 Å². The smallest absolute Gasteiger partial charge is 0.124 e. The molecule has 0 saturated carbocycles. The number of aromatic amines is 1. The number of H-pyrrole nitrogens is 1. The van der Waals surface area contributed by atoms with Gasteiger partial charge in [0.15, 0.2) is 0 Å². The van der Waals surface area contributed by atoms with Gasteiger partial charge in [0.25, 0.3) is 0 Å². The Kier molecular flexibility index (Phi) is 1.92. The molecule has 3 nitrogen and oxygen atoms in total. The molecule has 1 aromatic carbocycles. The van der Waals surface area contributed by atoms with Gasteiger partial charge in [-0.05, 0) is 30.7 Å². The molecule has 15 heavy (non-hydrogen) atoms. The first-order valence-corrected chi connectivity index (χ1v) is 5.26. The molecular weight excluding hydrogens is 188 g/mol. The molecule has 0 radical (unpaired) electrons. The zero-order chi connectivity index (χ0) is 10.3. The lowest BCUT2D eigenvalue weighted by Gasteiger charge is -2.08. The van der Waals surface area contributed by atoms with Crippen LogP contribution in [0.4, 0.5) is 0 Å². The van der Waals surface area contributed by atoms with Crippen LogP contribution in [0.3, 0.4) is 0 Å². The van der Waals surface area contributed by atoms with Gasteiger partial charge in [0.05, 0.1) is 7.11 Å². The molecule has 0 amide bonds. The highest BCUT2D eigenvalue weighted by atomic mass is 16.5. The van der Waals surface area contributed by atoms with Crippen molar-refractivity contribution in [3.63, 3.8) is 0 Å². The fourth-order valence-corrected chi connectivity index (χ4v) is 2.35. The largest absolute Gasteiger partial charge is 0.496 e. The molecule has 1 aromatic heterocycles. The molecule has 2 heterocycles. The molecule has 78 valence electrons. The van der Waals surface area contributed by atoms with Crippen molar-refractivity contribution in [1.29, 1.82) is 0 Å². The summed E-state index contributed by atoms with van der Waals surface area (Å²) in [6.07, 6.45) is 3.20. The van der Waals surface area contributed by atoms with Gasteiger partial charge in [-0.2, -0.15) is 0 Å². The maximum Gasteiger partial charge on any atom is 0.124 e. The maximum absolute atomic E-state index is 5.40. The van der Waals surface area contributed by atoms with E-state index in [0.29, 0.717) is 0 Å². The first-order chi connectivity index (χ1) is 7.40. The summed E-state index contributed by atoms with van der Waals surface area (Å²) in [6.45, 7) is 1.93. The van der Waals surface area contributed by atoms with Gasteiger partial charge in [-0.1, -0.05) is 0 Å². The molecule has 2 aromatic rings. The molecule has 0 saturated heterocycles. The SMILES string of the molecule is COc1ccc2[nH]cc3c2c1CNCC3. The molecule has 3 rings (SSSR count). The lowest BCUT2D eigenvalue weighted by atomic mass is 10.0. The third-order valence-corrected chi connectivity index (χ3v) is 3.09. The van der Waals surface area contributed by atoms with Crippen LogP contribution in [0.25, 0.3) is 10.9 Å². The monoisotopic (exact) mass is 202 g/mol. The second-order valence-corrected chi connectivity index (χ2v) is 3.91. The van der Waals surface area contributed by atoms with Crippen LogP contribution in [0.1, 0.15) is 11.1 Å². The van der Waals surface area contributed by atoms with Crippen LogP contribution in [0, 0.1) is 0 Å². The van der Waals surface area contributed by atoms with Crippen molar-refractivity contribution >= 4 is 10.9 Å². The van der Waals surface area contributed by atoms with Gasteiger partial charge < -0.3 is 15.0 Å². The summed E-state index contributed by atoms with van der Waals surface area (Å²) in [7, 11) is 1.73. The number of hydrogen-bond acceptors (Lipinski definition) is 2. The van der Waals surface area contributed by atoms with Crippen LogP contribution in [0.2, 0.25) is 0 Å². The number of benzene rings is 1. The Hall–Kier alpha value is -1.48. The van der Waals surface area contributed by atoms with Crippen LogP contribution in [-0.2, 0) is 13.0 Å². The van der Waals surface area contributed by atoms with Crippen LogP contribution in [0.5, 0.6) is 5.75 Å². The zero-order valence-electron chi connectivity index (χ0n) is 8.76. The predicted molar refractivity (Wildman–Crippen MR) is 60.3 cm³/mol. The Morgan fingerprint density at radius 2 is 2.27 bits per heavy atom. The topological polar surface area (TPSA) is 37.0 Å². The lowest BCUT2D eigenvalue weighted by molar-refractivity contribution is 0.409. The number of hydrogen-bond donors (Lipinski definition) is 2. The zero-order valence-corrected chi connectivity index (χ0v) is 8.76. The van der Waals surface area contributed by atoms with E-state index >= 15 is 0 Å². The summed E-state index contributed by atoms with van der Waals surface area (Å²) < 4.78 is 5.40. The van der Waals surface area contributed by atoms with Crippen LogP contribution < -0.4 is 10.1 Å². The quantitative estimate of drug-likeness (QED) is 0.740. The van der Waals surface area contributed by atoms with E-state index < -0.39 is 0 Å². The van der Waals surface area contributed by atoms with Gasteiger partial charge >= 0.3 is 0 Å². The van der Waals surface area contributed by atoms with Gasteiger partial charge in [0.1, 0.15) is 5.75 Å². The standard InChI is InChI=1S/C12H14N2O/c1-15-11-3-2-10-12-8(6-14-10)4-5-13-7-9(11)12/h2-3,6,13-14H,4-5,7H2,1H3. The van der Waals surface area contributed by atoms with E-state index in [4.69, 9.17) is 4.74 Å². The second-order valence-electron chi connectivity index (χ2n) is 3.91. The Labute approximate surface area is 88.4 Å². The molecule has 0 fully saturated rings. The molecule has 1 aliphatic rings. The Bertz CT molecular complexity index is 502. The lowest BCUT2D eigenvalue weighted by Crippen LogP contribution is -2.14. The van der Waals surface area contributed by atoms with Gasteiger partial charge in [0.2, 0.25) is 0 Å². The van der Waals surface area contributed by atoms with Crippen LogP contribution in [-0.4, -0.2) is 18.6 Å². The fourth-order valence-electron chi connectivity index (χ4n) is 2.35. The van der Waals surface area contributed by atoms with Gasteiger partial charge in [-0.15, -0.1) is 0 Å². The summed E-state index contributed by atoms with van der Waals surface area (Å²) in [4.78, 5) is 3.32. The molecule has 1 aliphatic heterocycles. The minimum Gasteiger partial charge on any atom is -0.496 e. The highest BCUT2D eigenvalue weighted by Crippen LogP contribution is 2.31. The fraction of sp³-hybridized carbons (Fsp3) is 0.333. The molecule has 0 spiro atoms. The Morgan fingerprint density at radius 1 is 1.33 bits per heavy atom. The van der Waals surface area contributed by atoms with Gasteiger partial charge in [0, 0.05) is 29.2 Å². The summed E-state index contributed by atoms with van der Waals surface area (Å²) in [6, 6.07) is 4.12. The van der Waals surface area contributed by atoms with Crippen molar-refractivity contribution in [3.05, 3.63) is 29.5 Å². The highest BCUT2D eigenvalue weighted by Gasteiger charge is 2.15. The normalized spacial score (nSPS) is 15.3. The average Bonchev–Trinajstić information content (AvgIpc) is 2.55. The number of aromatic nitrogens is 1. The van der Waals surface area contributed by atoms with E-state index in [1.54, 1.807) is 7.11 Å². The van der Waals surface area contributed by atoms with E-state index in [2.05, 4.69) is 22.6 Å². The van der Waals surface area contributed by atoms with E-state index in [1.165, 1.54) is 22.0 Å². The number of methoxy groups -OCH3 is 1. The molecule has 0 bridgehead atoms. The summed E-state index contributed by atoms with van der Waals surface area (Å²) >= 11 is 0. The Morgan fingerprint density at radius 3 is 3.13 bits per heavy atom. The summed E-state index contributed by atoms with van der Waals surface area (Å²) in [5.74, 6) is 0.984. The summed E-state index contributed by atoms with van der Waals surface area (Å²) in [5.41, 5.74) is 3.89. The van der Waals surface area contributed by atoms with Crippen molar-refractivity contribution in [3.8, 4) is 5.75 Å². The number of ether oxygens (including phenoxy) is 1. The Balaban J connectivity index is 2.36. The minimum absolute atomic E-state index is 0.894. The molecule has 0 atom stereocenters. The molecule has 2 N–H and O–H groups in total. The molecule has 3 heteroatoms. The van der Waals surface area contributed by atoms with Crippen LogP contribution in [0.15, 0.2) is 18.3 Å². The van der Waals surface area contributed by atoms with Crippen molar-refractivity contribution in [2.24, 2.45) is 0 Å². The van der Waals surface area contributed by atoms with Crippen molar-refractivity contribution in [2.45, 2.75) is 13.0 Å². The van der Waals surface area contributed by atoms with E-state index in [0.717, 1.165) is 25.3 Å². The van der Waals surface area contributed by atoms with E-state index in [1.807, 2.05) is 6.07 Å². The van der Waals surface area contributed by atoms with Crippen LogP contribution >= 0.6 is 0 Å². The molecule has 0 aliphatic carbocycles. The number of rotatable bonds is 1. The average molecular weight is 202 g/mol. The third-order valence-electron chi connectivity index (χ3n) is 3.09. The second kappa shape index (κ2) is 3.28. The first-order valence-electron chi connectivity index (χ1n) is 5.26. The van der Waals surface area contributed by atoms with Crippen molar-refractivity contribution < 1.29 is 4.74 Å². The predicted octanol–water partition coefficient (Wildman–Crippen LogP) is 1.82. The maximum atomic E-state index is 5.40. The molecular formula is C12H14N2O. The summed E-state index contributed by atoms with van der Waals surface area (Å²) in [5, 5.41) is 4.77. The van der Waals surface area contributed by atoms with Crippen molar-refractivity contribution in [2.75, 3.05) is 13.7 Å².